The summed E-state index contributed by atoms with van der Waals surface area (Å²) >= 11 is 0. The third-order valence-corrected chi connectivity index (χ3v) is 3.00. The molecule has 102 valence electrons. The van der Waals surface area contributed by atoms with Gasteiger partial charge in [-0.1, -0.05) is 13.0 Å². The van der Waals surface area contributed by atoms with Crippen molar-refractivity contribution in [2.45, 2.75) is 39.7 Å². The molecule has 3 heteroatoms. The first-order valence-corrected chi connectivity index (χ1v) is 6.68. The van der Waals surface area contributed by atoms with E-state index in [1.54, 1.807) is 7.11 Å². The topological polar surface area (TPSA) is 30.5 Å². The van der Waals surface area contributed by atoms with Crippen molar-refractivity contribution in [2.24, 2.45) is 0 Å². The number of benzene rings is 1. The van der Waals surface area contributed by atoms with Gasteiger partial charge in [0.1, 0.15) is 0 Å². The molecule has 0 spiro atoms. The standard InChI is InChI=1S/C15H25NO2/c1-5-13(3)16-9-6-10-18-14-8-7-12(2)11-15(14)17-4/h7-8,11,13,16H,5-6,9-10H2,1-4H3/t13-/m1/s1. The number of hydrogen-bond acceptors (Lipinski definition) is 3. The van der Waals surface area contributed by atoms with E-state index in [-0.39, 0.29) is 0 Å². The smallest absolute Gasteiger partial charge is 0.161 e. The molecular formula is C15H25NO2. The van der Waals surface area contributed by atoms with E-state index in [1.807, 2.05) is 25.1 Å². The molecule has 0 heterocycles. The normalized spacial score (nSPS) is 12.2. The summed E-state index contributed by atoms with van der Waals surface area (Å²) < 4.78 is 11.0. The molecule has 0 radical (unpaired) electrons. The summed E-state index contributed by atoms with van der Waals surface area (Å²) in [6.07, 6.45) is 2.16. The summed E-state index contributed by atoms with van der Waals surface area (Å²) in [5.74, 6) is 1.64. The van der Waals surface area contributed by atoms with Crippen LogP contribution in [0.4, 0.5) is 0 Å². The average molecular weight is 251 g/mol. The first kappa shape index (κ1) is 14.8. The lowest BCUT2D eigenvalue weighted by atomic mass is 10.2. The van der Waals surface area contributed by atoms with Crippen LogP contribution >= 0.6 is 0 Å². The van der Waals surface area contributed by atoms with E-state index in [9.17, 15) is 0 Å². The minimum Gasteiger partial charge on any atom is -0.493 e. The molecule has 0 bridgehead atoms. The molecule has 0 aliphatic rings. The molecule has 0 saturated carbocycles. The molecule has 0 aromatic heterocycles. The SMILES string of the molecule is CC[C@@H](C)NCCCOc1ccc(C)cc1OC. The van der Waals surface area contributed by atoms with Crippen LogP contribution in [0.25, 0.3) is 0 Å². The molecule has 0 fully saturated rings. The summed E-state index contributed by atoms with van der Waals surface area (Å²) in [4.78, 5) is 0. The minimum absolute atomic E-state index is 0.582. The third kappa shape index (κ3) is 4.96. The van der Waals surface area contributed by atoms with E-state index in [4.69, 9.17) is 9.47 Å². The zero-order chi connectivity index (χ0) is 13.4. The van der Waals surface area contributed by atoms with Gasteiger partial charge in [-0.25, -0.2) is 0 Å². The second kappa shape index (κ2) is 7.98. The highest BCUT2D eigenvalue weighted by Crippen LogP contribution is 2.27. The highest BCUT2D eigenvalue weighted by molar-refractivity contribution is 5.42. The van der Waals surface area contributed by atoms with Gasteiger partial charge >= 0.3 is 0 Å². The molecule has 1 aromatic carbocycles. The quantitative estimate of drug-likeness (QED) is 0.720. The zero-order valence-corrected chi connectivity index (χ0v) is 12.0. The van der Waals surface area contributed by atoms with Crippen LogP contribution in [0.5, 0.6) is 11.5 Å². The average Bonchev–Trinajstić information content (AvgIpc) is 2.39. The fourth-order valence-corrected chi connectivity index (χ4v) is 1.64. The number of methoxy groups -OCH3 is 1. The van der Waals surface area contributed by atoms with Crippen molar-refractivity contribution in [3.05, 3.63) is 23.8 Å². The van der Waals surface area contributed by atoms with Gasteiger partial charge in [-0.3, -0.25) is 0 Å². The summed E-state index contributed by atoms with van der Waals surface area (Å²) in [7, 11) is 1.67. The van der Waals surface area contributed by atoms with Crippen molar-refractivity contribution in [2.75, 3.05) is 20.3 Å². The third-order valence-electron chi connectivity index (χ3n) is 3.00. The molecule has 0 amide bonds. The molecule has 1 rings (SSSR count). The van der Waals surface area contributed by atoms with Gasteiger partial charge in [0.05, 0.1) is 13.7 Å². The Labute approximate surface area is 110 Å². The number of aryl methyl sites for hydroxylation is 1. The van der Waals surface area contributed by atoms with Crippen molar-refractivity contribution in [1.82, 2.24) is 5.32 Å². The maximum atomic E-state index is 5.73. The van der Waals surface area contributed by atoms with Crippen LogP contribution in [0, 0.1) is 6.92 Å². The Bertz CT molecular complexity index is 352. The van der Waals surface area contributed by atoms with E-state index < -0.39 is 0 Å². The van der Waals surface area contributed by atoms with Crippen LogP contribution in [0.15, 0.2) is 18.2 Å². The molecule has 1 N–H and O–H groups in total. The highest BCUT2D eigenvalue weighted by atomic mass is 16.5. The zero-order valence-electron chi connectivity index (χ0n) is 12.0. The van der Waals surface area contributed by atoms with Crippen LogP contribution in [-0.4, -0.2) is 26.3 Å². The summed E-state index contributed by atoms with van der Waals surface area (Å²) in [6.45, 7) is 8.13. The van der Waals surface area contributed by atoms with Gasteiger partial charge in [0.15, 0.2) is 11.5 Å². The number of nitrogens with one attached hydrogen (secondary N) is 1. The van der Waals surface area contributed by atoms with Crippen LogP contribution in [0.1, 0.15) is 32.3 Å². The monoisotopic (exact) mass is 251 g/mol. The number of rotatable bonds is 8. The van der Waals surface area contributed by atoms with E-state index in [2.05, 4.69) is 19.2 Å². The Morgan fingerprint density at radius 1 is 1.28 bits per heavy atom. The maximum Gasteiger partial charge on any atom is 0.161 e. The first-order chi connectivity index (χ1) is 8.67. The van der Waals surface area contributed by atoms with E-state index in [0.717, 1.165) is 30.9 Å². The number of ether oxygens (including phenoxy) is 2. The van der Waals surface area contributed by atoms with Gasteiger partial charge in [-0.2, -0.15) is 0 Å². The van der Waals surface area contributed by atoms with Gasteiger partial charge < -0.3 is 14.8 Å². The molecule has 0 saturated heterocycles. The van der Waals surface area contributed by atoms with Gasteiger partial charge in [-0.15, -0.1) is 0 Å². The van der Waals surface area contributed by atoms with E-state index in [1.165, 1.54) is 5.56 Å². The molecule has 1 aromatic rings. The van der Waals surface area contributed by atoms with Crippen LogP contribution in [0.3, 0.4) is 0 Å². The van der Waals surface area contributed by atoms with E-state index >= 15 is 0 Å². The van der Waals surface area contributed by atoms with Gasteiger partial charge in [0, 0.05) is 6.04 Å². The van der Waals surface area contributed by atoms with Crippen molar-refractivity contribution < 1.29 is 9.47 Å². The fourth-order valence-electron chi connectivity index (χ4n) is 1.64. The van der Waals surface area contributed by atoms with Gasteiger partial charge in [0.2, 0.25) is 0 Å². The van der Waals surface area contributed by atoms with Crippen LogP contribution < -0.4 is 14.8 Å². The Hall–Kier alpha value is -1.22. The second-order valence-electron chi connectivity index (χ2n) is 4.62. The molecule has 3 nitrogen and oxygen atoms in total. The summed E-state index contributed by atoms with van der Waals surface area (Å²) in [5, 5.41) is 3.45. The predicted molar refractivity (Wildman–Crippen MR) is 75.6 cm³/mol. The lowest BCUT2D eigenvalue weighted by Crippen LogP contribution is -2.27. The minimum atomic E-state index is 0.582. The Balaban J connectivity index is 2.31. The van der Waals surface area contributed by atoms with Crippen LogP contribution in [-0.2, 0) is 0 Å². The molecule has 0 aliphatic heterocycles. The lowest BCUT2D eigenvalue weighted by molar-refractivity contribution is 0.285. The largest absolute Gasteiger partial charge is 0.493 e. The molecule has 1 atom stereocenters. The van der Waals surface area contributed by atoms with Crippen molar-refractivity contribution in [3.63, 3.8) is 0 Å². The molecular weight excluding hydrogens is 226 g/mol. The lowest BCUT2D eigenvalue weighted by Gasteiger charge is -2.13. The van der Waals surface area contributed by atoms with Crippen molar-refractivity contribution in [1.29, 1.82) is 0 Å². The second-order valence-corrected chi connectivity index (χ2v) is 4.62. The highest BCUT2D eigenvalue weighted by Gasteiger charge is 2.04. The molecule has 18 heavy (non-hydrogen) atoms. The Kier molecular flexibility index (Phi) is 6.58. The molecule has 0 aliphatic carbocycles. The van der Waals surface area contributed by atoms with Crippen molar-refractivity contribution in [3.8, 4) is 11.5 Å². The molecule has 0 unspecified atom stereocenters. The summed E-state index contributed by atoms with van der Waals surface area (Å²) in [6, 6.07) is 6.58. The van der Waals surface area contributed by atoms with Crippen molar-refractivity contribution >= 4 is 0 Å². The van der Waals surface area contributed by atoms with Crippen LogP contribution in [0.2, 0.25) is 0 Å². The Morgan fingerprint density at radius 2 is 2.06 bits per heavy atom. The first-order valence-electron chi connectivity index (χ1n) is 6.68. The maximum absolute atomic E-state index is 5.73. The Morgan fingerprint density at radius 3 is 2.72 bits per heavy atom. The van der Waals surface area contributed by atoms with E-state index in [0.29, 0.717) is 12.6 Å². The fraction of sp³-hybridized carbons (Fsp3) is 0.600. The van der Waals surface area contributed by atoms with Gasteiger partial charge in [-0.05, 0) is 50.9 Å². The van der Waals surface area contributed by atoms with Gasteiger partial charge in [0.25, 0.3) is 0 Å². The summed E-state index contributed by atoms with van der Waals surface area (Å²) in [5.41, 5.74) is 1.18. The number of hydrogen-bond donors (Lipinski definition) is 1. The predicted octanol–water partition coefficient (Wildman–Crippen LogP) is 3.16.